The zero-order valence-corrected chi connectivity index (χ0v) is 11.5. The summed E-state index contributed by atoms with van der Waals surface area (Å²) in [6.07, 6.45) is 0. The molecule has 20 heavy (non-hydrogen) atoms. The van der Waals surface area contributed by atoms with E-state index in [0.717, 1.165) is 18.2 Å². The van der Waals surface area contributed by atoms with Gasteiger partial charge in [0.05, 0.1) is 10.7 Å². The number of sulfonamides is 1. The Labute approximate surface area is 119 Å². The first-order valence-corrected chi connectivity index (χ1v) is 7.18. The normalized spacial score (nSPS) is 11.3. The standard InChI is InChI=1S/C12H9ClF2N2O2S/c13-9-3-2-8(6-11(9)15)17-20(18,19)12-5-7(16)1-4-10(12)14/h1-6,17H,16H2. The lowest BCUT2D eigenvalue weighted by Gasteiger charge is -2.10. The van der Waals surface area contributed by atoms with Gasteiger partial charge in [0.25, 0.3) is 10.0 Å². The van der Waals surface area contributed by atoms with Crippen molar-refractivity contribution in [3.8, 4) is 0 Å². The van der Waals surface area contributed by atoms with E-state index >= 15 is 0 Å². The average Bonchev–Trinajstić information content (AvgIpc) is 2.36. The summed E-state index contributed by atoms with van der Waals surface area (Å²) in [7, 11) is -4.21. The molecule has 0 spiro atoms. The molecule has 2 aromatic carbocycles. The van der Waals surface area contributed by atoms with Crippen LogP contribution in [0.5, 0.6) is 0 Å². The third-order valence-corrected chi connectivity index (χ3v) is 4.12. The number of rotatable bonds is 3. The number of hydrogen-bond donors (Lipinski definition) is 2. The van der Waals surface area contributed by atoms with Gasteiger partial charge >= 0.3 is 0 Å². The van der Waals surface area contributed by atoms with Crippen LogP contribution < -0.4 is 10.5 Å². The molecule has 0 aliphatic rings. The second-order valence-corrected chi connectivity index (χ2v) is 5.98. The Morgan fingerprint density at radius 1 is 1.05 bits per heavy atom. The second kappa shape index (κ2) is 5.26. The van der Waals surface area contributed by atoms with Gasteiger partial charge in [-0.05, 0) is 36.4 Å². The molecule has 0 amide bonds. The number of nitrogens with one attached hydrogen (secondary N) is 1. The first-order chi connectivity index (χ1) is 9.29. The van der Waals surface area contributed by atoms with Crippen molar-refractivity contribution >= 4 is 33.0 Å². The molecular formula is C12H9ClF2N2O2S. The minimum Gasteiger partial charge on any atom is -0.399 e. The SMILES string of the molecule is Nc1ccc(F)c(S(=O)(=O)Nc2ccc(Cl)c(F)c2)c1. The van der Waals surface area contributed by atoms with Gasteiger partial charge in [0.15, 0.2) is 0 Å². The van der Waals surface area contributed by atoms with Crippen molar-refractivity contribution < 1.29 is 17.2 Å². The Kier molecular flexibility index (Phi) is 3.82. The van der Waals surface area contributed by atoms with Crippen molar-refractivity contribution in [2.75, 3.05) is 10.5 Å². The lowest BCUT2D eigenvalue weighted by Crippen LogP contribution is -2.15. The maximum absolute atomic E-state index is 13.5. The molecule has 0 unspecified atom stereocenters. The summed E-state index contributed by atoms with van der Waals surface area (Å²) in [4.78, 5) is -0.618. The number of nitrogens with two attached hydrogens (primary N) is 1. The van der Waals surface area contributed by atoms with Gasteiger partial charge in [-0.2, -0.15) is 0 Å². The predicted molar refractivity (Wildman–Crippen MR) is 73.0 cm³/mol. The third kappa shape index (κ3) is 3.00. The molecule has 8 heteroatoms. The lowest BCUT2D eigenvalue weighted by molar-refractivity contribution is 0.570. The van der Waals surface area contributed by atoms with Crippen LogP contribution in [0.25, 0.3) is 0 Å². The minimum absolute atomic E-state index is 0.0753. The monoisotopic (exact) mass is 318 g/mol. The molecule has 0 aromatic heterocycles. The summed E-state index contributed by atoms with van der Waals surface area (Å²) < 4.78 is 52.8. The lowest BCUT2D eigenvalue weighted by atomic mass is 10.3. The second-order valence-electron chi connectivity index (χ2n) is 3.92. The van der Waals surface area contributed by atoms with Crippen molar-refractivity contribution in [3.05, 3.63) is 53.1 Å². The smallest absolute Gasteiger partial charge is 0.264 e. The molecule has 0 saturated heterocycles. The number of benzene rings is 2. The Bertz CT molecular complexity index is 766. The summed E-state index contributed by atoms with van der Waals surface area (Å²) >= 11 is 5.49. The van der Waals surface area contributed by atoms with Crippen LogP contribution in [0.2, 0.25) is 5.02 Å². The maximum Gasteiger partial charge on any atom is 0.264 e. The first kappa shape index (κ1) is 14.5. The van der Waals surface area contributed by atoms with Crippen LogP contribution in [0.4, 0.5) is 20.2 Å². The molecule has 0 bridgehead atoms. The van der Waals surface area contributed by atoms with Crippen molar-refractivity contribution in [1.29, 1.82) is 0 Å². The minimum atomic E-state index is -4.21. The quantitative estimate of drug-likeness (QED) is 0.854. The van der Waals surface area contributed by atoms with E-state index in [4.69, 9.17) is 17.3 Å². The molecule has 3 N–H and O–H groups in total. The van der Waals surface area contributed by atoms with E-state index in [-0.39, 0.29) is 16.4 Å². The highest BCUT2D eigenvalue weighted by atomic mass is 35.5. The van der Waals surface area contributed by atoms with Gasteiger partial charge in [0.1, 0.15) is 16.5 Å². The van der Waals surface area contributed by atoms with Gasteiger partial charge in [-0.3, -0.25) is 4.72 Å². The van der Waals surface area contributed by atoms with Crippen LogP contribution in [0, 0.1) is 11.6 Å². The van der Waals surface area contributed by atoms with E-state index in [1.54, 1.807) is 0 Å². The van der Waals surface area contributed by atoms with E-state index < -0.39 is 26.6 Å². The highest BCUT2D eigenvalue weighted by Gasteiger charge is 2.20. The Hall–Kier alpha value is -1.86. The van der Waals surface area contributed by atoms with Crippen LogP contribution in [0.15, 0.2) is 41.3 Å². The summed E-state index contributed by atoms with van der Waals surface area (Å²) in [5.74, 6) is -1.75. The van der Waals surface area contributed by atoms with Gasteiger partial charge in [-0.25, -0.2) is 17.2 Å². The number of nitrogen functional groups attached to an aromatic ring is 1. The molecule has 0 aliphatic heterocycles. The zero-order chi connectivity index (χ0) is 14.9. The highest BCUT2D eigenvalue weighted by Crippen LogP contribution is 2.23. The number of anilines is 2. The predicted octanol–water partition coefficient (Wildman–Crippen LogP) is 3.00. The van der Waals surface area contributed by atoms with Gasteiger partial charge in [-0.1, -0.05) is 11.6 Å². The molecule has 0 fully saturated rings. The highest BCUT2D eigenvalue weighted by molar-refractivity contribution is 7.92. The van der Waals surface area contributed by atoms with Crippen LogP contribution in [0.1, 0.15) is 0 Å². The maximum atomic E-state index is 13.5. The Morgan fingerprint density at radius 2 is 1.75 bits per heavy atom. The summed E-state index contributed by atoms with van der Waals surface area (Å²) in [5, 5.41) is -0.150. The molecule has 0 atom stereocenters. The average molecular weight is 319 g/mol. The molecule has 2 rings (SSSR count). The van der Waals surface area contributed by atoms with Crippen LogP contribution in [-0.4, -0.2) is 8.42 Å². The van der Waals surface area contributed by atoms with Crippen molar-refractivity contribution in [2.24, 2.45) is 0 Å². The Balaban J connectivity index is 2.40. The van der Waals surface area contributed by atoms with E-state index in [2.05, 4.69) is 0 Å². The molecule has 2 aromatic rings. The van der Waals surface area contributed by atoms with Crippen LogP contribution in [-0.2, 0) is 10.0 Å². The third-order valence-electron chi connectivity index (χ3n) is 2.42. The molecule has 0 saturated carbocycles. The van der Waals surface area contributed by atoms with E-state index in [1.807, 2.05) is 4.72 Å². The summed E-state index contributed by atoms with van der Waals surface area (Å²) in [6.45, 7) is 0. The first-order valence-electron chi connectivity index (χ1n) is 5.32. The number of halogens is 3. The fourth-order valence-corrected chi connectivity index (χ4v) is 2.78. The van der Waals surface area contributed by atoms with Crippen LogP contribution in [0.3, 0.4) is 0 Å². The van der Waals surface area contributed by atoms with Crippen molar-refractivity contribution in [3.63, 3.8) is 0 Å². The van der Waals surface area contributed by atoms with E-state index in [1.165, 1.54) is 18.2 Å². The molecule has 0 radical (unpaired) electrons. The van der Waals surface area contributed by atoms with Gasteiger partial charge in [-0.15, -0.1) is 0 Å². The van der Waals surface area contributed by atoms with Crippen molar-refractivity contribution in [2.45, 2.75) is 4.90 Å². The van der Waals surface area contributed by atoms with Crippen molar-refractivity contribution in [1.82, 2.24) is 0 Å². The fraction of sp³-hybridized carbons (Fsp3) is 0. The van der Waals surface area contributed by atoms with E-state index in [9.17, 15) is 17.2 Å². The molecule has 0 aliphatic carbocycles. The Morgan fingerprint density at radius 3 is 2.40 bits per heavy atom. The molecule has 4 nitrogen and oxygen atoms in total. The largest absolute Gasteiger partial charge is 0.399 e. The van der Waals surface area contributed by atoms with E-state index in [0.29, 0.717) is 0 Å². The fourth-order valence-electron chi connectivity index (χ4n) is 1.50. The zero-order valence-electron chi connectivity index (χ0n) is 9.90. The number of hydrogen-bond acceptors (Lipinski definition) is 3. The van der Waals surface area contributed by atoms with Gasteiger partial charge in [0.2, 0.25) is 0 Å². The summed E-state index contributed by atoms with van der Waals surface area (Å²) in [6, 6.07) is 6.48. The van der Waals surface area contributed by atoms with Gasteiger partial charge in [0, 0.05) is 5.69 Å². The van der Waals surface area contributed by atoms with Gasteiger partial charge < -0.3 is 5.73 Å². The summed E-state index contributed by atoms with van der Waals surface area (Å²) in [5.41, 5.74) is 5.44. The molecule has 106 valence electrons. The topological polar surface area (TPSA) is 72.2 Å². The molecular weight excluding hydrogens is 310 g/mol. The molecule has 0 heterocycles. The van der Waals surface area contributed by atoms with Crippen LogP contribution >= 0.6 is 11.6 Å².